The third kappa shape index (κ3) is 3.13. The van der Waals surface area contributed by atoms with E-state index >= 15 is 0 Å². The Hall–Kier alpha value is -2.56. The minimum atomic E-state index is -0.573. The SMILES string of the molecule is COC(=O)C(c1ccc(OC)c(OC)c1)[n+]1ccccc1. The van der Waals surface area contributed by atoms with Crippen molar-refractivity contribution in [2.75, 3.05) is 21.3 Å². The molecule has 5 nitrogen and oxygen atoms in total. The molecule has 0 spiro atoms. The van der Waals surface area contributed by atoms with Crippen LogP contribution < -0.4 is 14.0 Å². The number of methoxy groups -OCH3 is 3. The van der Waals surface area contributed by atoms with Crippen LogP contribution in [0.2, 0.25) is 0 Å². The quantitative estimate of drug-likeness (QED) is 0.621. The highest BCUT2D eigenvalue weighted by molar-refractivity contribution is 5.76. The number of aromatic nitrogens is 1. The Morgan fingerprint density at radius 2 is 1.67 bits per heavy atom. The van der Waals surface area contributed by atoms with E-state index in [1.807, 2.05) is 36.7 Å². The normalized spacial score (nSPS) is 11.6. The number of hydrogen-bond donors (Lipinski definition) is 0. The molecule has 1 aromatic carbocycles. The highest BCUT2D eigenvalue weighted by atomic mass is 16.5. The molecule has 1 heterocycles. The van der Waals surface area contributed by atoms with Crippen LogP contribution in [0.5, 0.6) is 11.5 Å². The van der Waals surface area contributed by atoms with E-state index in [9.17, 15) is 4.79 Å². The summed E-state index contributed by atoms with van der Waals surface area (Å²) >= 11 is 0. The Labute approximate surface area is 123 Å². The zero-order valence-electron chi connectivity index (χ0n) is 12.3. The van der Waals surface area contributed by atoms with Crippen molar-refractivity contribution < 1.29 is 23.6 Å². The first-order chi connectivity index (χ1) is 10.2. The molecule has 0 fully saturated rings. The van der Waals surface area contributed by atoms with Crippen molar-refractivity contribution in [1.29, 1.82) is 0 Å². The standard InChI is InChI=1S/C16H18NO4/c1-19-13-8-7-12(11-14(13)20-2)15(16(18)21-3)17-9-5-4-6-10-17/h4-11,15H,1-3H3/q+1. The minimum Gasteiger partial charge on any atom is -0.493 e. The summed E-state index contributed by atoms with van der Waals surface area (Å²) in [4.78, 5) is 12.2. The number of carbonyl (C=O) groups is 1. The van der Waals surface area contributed by atoms with Gasteiger partial charge in [0.25, 0.3) is 6.04 Å². The van der Waals surface area contributed by atoms with Gasteiger partial charge in [0.15, 0.2) is 23.9 Å². The Morgan fingerprint density at radius 1 is 1.00 bits per heavy atom. The molecule has 21 heavy (non-hydrogen) atoms. The molecular formula is C16H18NO4+. The van der Waals surface area contributed by atoms with Crippen LogP contribution in [-0.4, -0.2) is 27.3 Å². The molecule has 0 N–H and O–H groups in total. The lowest BCUT2D eigenvalue weighted by Gasteiger charge is -2.13. The molecule has 2 aromatic rings. The summed E-state index contributed by atoms with van der Waals surface area (Å²) in [6.07, 6.45) is 3.64. The lowest BCUT2D eigenvalue weighted by molar-refractivity contribution is -0.702. The van der Waals surface area contributed by atoms with Crippen LogP contribution in [-0.2, 0) is 9.53 Å². The molecule has 110 valence electrons. The fourth-order valence-electron chi connectivity index (χ4n) is 2.15. The van der Waals surface area contributed by atoms with Gasteiger partial charge in [-0.3, -0.25) is 0 Å². The van der Waals surface area contributed by atoms with Crippen molar-refractivity contribution in [3.63, 3.8) is 0 Å². The van der Waals surface area contributed by atoms with Gasteiger partial charge in [0.05, 0.1) is 21.3 Å². The molecule has 0 amide bonds. The monoisotopic (exact) mass is 288 g/mol. The highest BCUT2D eigenvalue weighted by Gasteiger charge is 2.31. The summed E-state index contributed by atoms with van der Waals surface area (Å²) in [5.41, 5.74) is 0.760. The maximum atomic E-state index is 12.2. The summed E-state index contributed by atoms with van der Waals surface area (Å²) in [7, 11) is 4.51. The molecule has 0 saturated carbocycles. The fraction of sp³-hybridized carbons (Fsp3) is 0.250. The van der Waals surface area contributed by atoms with Gasteiger partial charge in [-0.2, -0.15) is 4.57 Å². The number of esters is 1. The number of ether oxygens (including phenoxy) is 3. The van der Waals surface area contributed by atoms with Crippen molar-refractivity contribution in [3.8, 4) is 11.5 Å². The van der Waals surface area contributed by atoms with Gasteiger partial charge < -0.3 is 14.2 Å². The summed E-state index contributed by atoms with van der Waals surface area (Å²) in [6, 6.07) is 10.4. The summed E-state index contributed by atoms with van der Waals surface area (Å²) in [6.45, 7) is 0. The van der Waals surface area contributed by atoms with Gasteiger partial charge in [0, 0.05) is 17.7 Å². The molecule has 1 aromatic heterocycles. The molecule has 0 aliphatic heterocycles. The minimum absolute atomic E-state index is 0.349. The number of carbonyl (C=O) groups excluding carboxylic acids is 1. The first-order valence-electron chi connectivity index (χ1n) is 6.46. The maximum absolute atomic E-state index is 12.2. The van der Waals surface area contributed by atoms with E-state index in [0.29, 0.717) is 11.5 Å². The Morgan fingerprint density at radius 3 is 2.24 bits per heavy atom. The van der Waals surface area contributed by atoms with Gasteiger partial charge >= 0.3 is 5.97 Å². The molecule has 5 heteroatoms. The predicted molar refractivity (Wildman–Crippen MR) is 76.3 cm³/mol. The van der Waals surface area contributed by atoms with Gasteiger partial charge in [0.1, 0.15) is 0 Å². The van der Waals surface area contributed by atoms with Crippen molar-refractivity contribution in [3.05, 3.63) is 54.4 Å². The molecule has 0 bridgehead atoms. The van der Waals surface area contributed by atoms with Crippen LogP contribution in [0.3, 0.4) is 0 Å². The molecule has 2 rings (SSSR count). The van der Waals surface area contributed by atoms with E-state index in [1.165, 1.54) is 7.11 Å². The predicted octanol–water partition coefficient (Wildman–Crippen LogP) is 1.75. The molecule has 0 aliphatic rings. The van der Waals surface area contributed by atoms with Gasteiger partial charge in [-0.1, -0.05) is 6.07 Å². The Kier molecular flexibility index (Phi) is 4.77. The van der Waals surface area contributed by atoms with Crippen molar-refractivity contribution in [1.82, 2.24) is 0 Å². The van der Waals surface area contributed by atoms with Crippen LogP contribution >= 0.6 is 0 Å². The summed E-state index contributed by atoms with van der Waals surface area (Å²) in [5.74, 6) is 0.835. The van der Waals surface area contributed by atoms with Crippen LogP contribution in [0.1, 0.15) is 11.6 Å². The number of nitrogens with zero attached hydrogens (tertiary/aromatic N) is 1. The molecular weight excluding hydrogens is 270 g/mol. The fourth-order valence-corrected chi connectivity index (χ4v) is 2.15. The van der Waals surface area contributed by atoms with Crippen LogP contribution in [0, 0.1) is 0 Å². The Bertz CT molecular complexity index is 613. The highest BCUT2D eigenvalue weighted by Crippen LogP contribution is 2.30. The maximum Gasteiger partial charge on any atom is 0.380 e. The average molecular weight is 288 g/mol. The topological polar surface area (TPSA) is 48.6 Å². The number of benzene rings is 1. The summed E-state index contributed by atoms with van der Waals surface area (Å²) in [5, 5.41) is 0. The first-order valence-corrected chi connectivity index (χ1v) is 6.46. The third-order valence-electron chi connectivity index (χ3n) is 3.18. The van der Waals surface area contributed by atoms with E-state index in [1.54, 1.807) is 30.9 Å². The number of hydrogen-bond acceptors (Lipinski definition) is 4. The van der Waals surface area contributed by atoms with E-state index in [0.717, 1.165) is 5.56 Å². The Balaban J connectivity index is 2.49. The van der Waals surface area contributed by atoms with Crippen molar-refractivity contribution in [2.45, 2.75) is 6.04 Å². The van der Waals surface area contributed by atoms with Crippen LogP contribution in [0.25, 0.3) is 0 Å². The van der Waals surface area contributed by atoms with Crippen LogP contribution in [0.4, 0.5) is 0 Å². The van der Waals surface area contributed by atoms with Gasteiger partial charge in [-0.25, -0.2) is 4.79 Å². The molecule has 0 radical (unpaired) electrons. The van der Waals surface area contributed by atoms with Gasteiger partial charge in [-0.15, -0.1) is 0 Å². The average Bonchev–Trinajstić information content (AvgIpc) is 2.55. The van der Waals surface area contributed by atoms with Crippen molar-refractivity contribution >= 4 is 5.97 Å². The lowest BCUT2D eigenvalue weighted by atomic mass is 10.1. The molecule has 1 unspecified atom stereocenters. The van der Waals surface area contributed by atoms with Crippen molar-refractivity contribution in [2.24, 2.45) is 0 Å². The first kappa shape index (κ1) is 14.8. The second kappa shape index (κ2) is 6.74. The molecule has 1 atom stereocenters. The lowest BCUT2D eigenvalue weighted by Crippen LogP contribution is -2.44. The smallest absolute Gasteiger partial charge is 0.380 e. The molecule has 0 aliphatic carbocycles. The van der Waals surface area contributed by atoms with E-state index in [-0.39, 0.29) is 5.97 Å². The zero-order valence-corrected chi connectivity index (χ0v) is 12.3. The summed E-state index contributed by atoms with van der Waals surface area (Å²) < 4.78 is 17.2. The van der Waals surface area contributed by atoms with Gasteiger partial charge in [-0.05, 0) is 18.2 Å². The largest absolute Gasteiger partial charge is 0.493 e. The van der Waals surface area contributed by atoms with E-state index in [4.69, 9.17) is 14.2 Å². The zero-order chi connectivity index (χ0) is 15.2. The molecule has 0 saturated heterocycles. The second-order valence-corrected chi connectivity index (χ2v) is 4.36. The second-order valence-electron chi connectivity index (χ2n) is 4.36. The van der Waals surface area contributed by atoms with Crippen LogP contribution in [0.15, 0.2) is 48.8 Å². The number of pyridine rings is 1. The number of rotatable bonds is 5. The third-order valence-corrected chi connectivity index (χ3v) is 3.18. The van der Waals surface area contributed by atoms with E-state index < -0.39 is 6.04 Å². The van der Waals surface area contributed by atoms with Gasteiger partial charge in [0.2, 0.25) is 0 Å². The van der Waals surface area contributed by atoms with E-state index in [2.05, 4.69) is 0 Å².